The van der Waals surface area contributed by atoms with Crippen LogP contribution in [0, 0.1) is 29.9 Å². The minimum absolute atomic E-state index is 0.0173. The molecule has 5 heterocycles. The van der Waals surface area contributed by atoms with Gasteiger partial charge in [0.25, 0.3) is 0 Å². The zero-order valence-corrected chi connectivity index (χ0v) is 28.0. The van der Waals surface area contributed by atoms with Gasteiger partial charge in [-0.15, -0.1) is 13.2 Å². The fourth-order valence-corrected chi connectivity index (χ4v) is 7.48. The first-order valence-electron chi connectivity index (χ1n) is 15.7. The zero-order chi connectivity index (χ0) is 36.7. The molecule has 3 N–H and O–H groups in total. The first kappa shape index (κ1) is 34.7. The molecule has 266 valence electrons. The number of fused-ring (bicyclic) bond motifs is 5. The highest BCUT2D eigenvalue weighted by Gasteiger charge is 2.64. The number of carbonyl (C=O) groups is 2. The first-order chi connectivity index (χ1) is 23.3. The maximum absolute atomic E-state index is 17.0. The Morgan fingerprint density at radius 1 is 1.20 bits per heavy atom. The number of carbonyl (C=O) groups excluding carboxylic acids is 2. The Bertz CT molecular complexity index is 1980. The van der Waals surface area contributed by atoms with Gasteiger partial charge in [-0.05, 0) is 59.1 Å². The molecule has 0 spiro atoms. The van der Waals surface area contributed by atoms with Gasteiger partial charge in [-0.3, -0.25) is 9.69 Å². The van der Waals surface area contributed by atoms with Gasteiger partial charge >= 0.3 is 12.5 Å². The third kappa shape index (κ3) is 5.50. The summed E-state index contributed by atoms with van der Waals surface area (Å²) in [6.45, 7) is 8.18. The molecule has 2 saturated heterocycles. The molecule has 3 aromatic rings. The third-order valence-corrected chi connectivity index (χ3v) is 9.26. The first-order valence-corrected chi connectivity index (χ1v) is 15.7. The van der Waals surface area contributed by atoms with Crippen LogP contribution in [-0.2, 0) is 16.0 Å². The highest BCUT2D eigenvalue weighted by molar-refractivity contribution is 6.03. The summed E-state index contributed by atoms with van der Waals surface area (Å²) >= 11 is 0. The third-order valence-electron chi connectivity index (χ3n) is 9.26. The molecule has 0 aliphatic carbocycles. The van der Waals surface area contributed by atoms with Crippen LogP contribution in [0.1, 0.15) is 51.8 Å². The normalized spacial score (nSPS) is 22.7. The van der Waals surface area contributed by atoms with Crippen molar-refractivity contribution in [2.24, 2.45) is 0 Å². The molecule has 2 fully saturated rings. The fourth-order valence-electron chi connectivity index (χ4n) is 7.48. The maximum Gasteiger partial charge on any atom is 0.573 e. The topological polar surface area (TPSA) is 156 Å². The van der Waals surface area contributed by atoms with Gasteiger partial charge < -0.3 is 30.2 Å². The lowest BCUT2D eigenvalue weighted by atomic mass is 9.90. The number of aromatic nitrogens is 2. The summed E-state index contributed by atoms with van der Waals surface area (Å²) in [5.74, 6) is -4.71. The number of nitrogens with two attached hydrogens (primary N) is 1. The number of nitrogens with zero attached hydrogens (tertiary/aromatic N) is 5. The van der Waals surface area contributed by atoms with E-state index in [9.17, 15) is 28.0 Å². The predicted octanol–water partition coefficient (Wildman–Crippen LogP) is 5.28. The molecule has 12 nitrogen and oxygen atoms in total. The number of nitriles is 1. The van der Waals surface area contributed by atoms with Gasteiger partial charge in [-0.25, -0.2) is 23.5 Å². The molecule has 2 aromatic heterocycles. The van der Waals surface area contributed by atoms with Gasteiger partial charge in [0, 0.05) is 29.9 Å². The number of alkyl halides is 3. The minimum atomic E-state index is -5.36. The van der Waals surface area contributed by atoms with Crippen LogP contribution in [0.4, 0.5) is 38.3 Å². The van der Waals surface area contributed by atoms with Crippen molar-refractivity contribution in [3.63, 3.8) is 0 Å². The second-order valence-electron chi connectivity index (χ2n) is 13.6. The van der Waals surface area contributed by atoms with Crippen molar-refractivity contribution in [2.75, 3.05) is 24.2 Å². The number of hydrogen-bond donors (Lipinski definition) is 2. The summed E-state index contributed by atoms with van der Waals surface area (Å²) in [5, 5.41) is 12.1. The Balaban J connectivity index is 1.64. The highest BCUT2D eigenvalue weighted by Crippen LogP contribution is 2.51. The van der Waals surface area contributed by atoms with E-state index in [1.54, 1.807) is 32.6 Å². The number of hydrogen-bond acceptors (Lipinski definition) is 10. The van der Waals surface area contributed by atoms with Crippen molar-refractivity contribution >= 4 is 34.3 Å². The van der Waals surface area contributed by atoms with Crippen molar-refractivity contribution in [1.29, 1.82) is 5.26 Å². The van der Waals surface area contributed by atoms with Gasteiger partial charge in [0.15, 0.2) is 17.4 Å². The lowest BCUT2D eigenvalue weighted by Crippen LogP contribution is -2.73. The molecule has 3 aliphatic heterocycles. The van der Waals surface area contributed by atoms with Gasteiger partial charge in [0.2, 0.25) is 11.8 Å². The summed E-state index contributed by atoms with van der Waals surface area (Å²) in [6, 6.07) is 2.05. The molecule has 50 heavy (non-hydrogen) atoms. The molecule has 3 aliphatic rings. The lowest BCUT2D eigenvalue weighted by Gasteiger charge is -2.52. The van der Waals surface area contributed by atoms with E-state index in [0.717, 1.165) is 6.07 Å². The summed E-state index contributed by atoms with van der Waals surface area (Å²) in [7, 11) is 1.45. The van der Waals surface area contributed by atoms with Crippen molar-refractivity contribution in [1.82, 2.24) is 20.2 Å². The number of halogens is 5. The number of benzene rings is 1. The van der Waals surface area contributed by atoms with Crippen LogP contribution in [0.2, 0.25) is 0 Å². The Morgan fingerprint density at radius 2 is 1.90 bits per heavy atom. The second-order valence-corrected chi connectivity index (χ2v) is 13.6. The van der Waals surface area contributed by atoms with Crippen LogP contribution in [-0.4, -0.2) is 76.2 Å². The Hall–Kier alpha value is -5.14. The molecule has 6 rings (SSSR count). The SMILES string of the molecule is CNC(=O)[C@@]12CC[C@@H]([C@H]3C(C)Oc4nc(-c5cc(N)cc(F)c5OC(F)(F)F)c(F)c5c(CC#N)c(C)nc(c45)N3C1)N2C(=O)OC(C)(C)C. The Kier molecular flexibility index (Phi) is 8.15. The van der Waals surface area contributed by atoms with Crippen molar-refractivity contribution in [2.45, 2.75) is 89.6 Å². The van der Waals surface area contributed by atoms with Gasteiger partial charge in [0.1, 0.15) is 28.8 Å². The van der Waals surface area contributed by atoms with E-state index >= 15 is 8.78 Å². The molecular weight excluding hydrogens is 669 g/mol. The molecule has 2 bridgehead atoms. The smallest absolute Gasteiger partial charge is 0.472 e. The van der Waals surface area contributed by atoms with Crippen molar-refractivity contribution in [3.8, 4) is 29.0 Å². The Morgan fingerprint density at radius 3 is 2.52 bits per heavy atom. The molecular formula is C33H34F5N7O5. The Labute approximate surface area is 283 Å². The summed E-state index contributed by atoms with van der Waals surface area (Å²) in [5.41, 5.74) is 1.87. The maximum atomic E-state index is 17.0. The fraction of sp³-hybridized carbons (Fsp3) is 0.485. The number of anilines is 2. The summed E-state index contributed by atoms with van der Waals surface area (Å²) in [6.07, 6.45) is -6.71. The average Bonchev–Trinajstić information content (AvgIpc) is 3.23. The standard InChI is InChI=1S/C33H34F5N7O5/c1-14-17(8-10-39)21-22-27(42-14)44-13-32(29(46)41-6)9-7-20(45(32)30(47)50-31(3,4)5)25(44)15(2)48-28(22)43-24(23(21)35)18-11-16(40)12-19(34)26(18)49-33(36,37)38/h11-12,15,20,25H,7-9,13,40H2,1-6H3,(H,41,46)/t15?,20-,25+,32+/m0/s1. The number of rotatable bonds is 4. The van der Waals surface area contributed by atoms with E-state index < -0.39 is 76.3 Å². The predicted molar refractivity (Wildman–Crippen MR) is 169 cm³/mol. The number of ether oxygens (including phenoxy) is 3. The van der Waals surface area contributed by atoms with Crippen molar-refractivity contribution < 1.29 is 45.8 Å². The van der Waals surface area contributed by atoms with E-state index in [2.05, 4.69) is 15.0 Å². The molecule has 4 atom stereocenters. The summed E-state index contributed by atoms with van der Waals surface area (Å²) in [4.78, 5) is 39.8. The van der Waals surface area contributed by atoms with E-state index in [1.807, 2.05) is 6.07 Å². The quantitative estimate of drug-likeness (QED) is 0.271. The van der Waals surface area contributed by atoms with Crippen LogP contribution in [0.3, 0.4) is 0 Å². The number of amides is 2. The molecule has 0 saturated carbocycles. The number of piperazine rings is 1. The van der Waals surface area contributed by atoms with E-state index in [0.29, 0.717) is 12.5 Å². The monoisotopic (exact) mass is 703 g/mol. The minimum Gasteiger partial charge on any atom is -0.472 e. The molecule has 2 amide bonds. The van der Waals surface area contributed by atoms with E-state index in [-0.39, 0.29) is 58.8 Å². The van der Waals surface area contributed by atoms with Gasteiger partial charge in [-0.2, -0.15) is 5.26 Å². The van der Waals surface area contributed by atoms with Crippen LogP contribution < -0.4 is 25.4 Å². The molecule has 1 aromatic carbocycles. The molecule has 1 unspecified atom stereocenters. The number of pyridine rings is 2. The zero-order valence-electron chi connectivity index (χ0n) is 28.0. The van der Waals surface area contributed by atoms with Gasteiger partial charge in [0.05, 0.1) is 42.1 Å². The van der Waals surface area contributed by atoms with Crippen LogP contribution in [0.25, 0.3) is 22.0 Å². The average molecular weight is 704 g/mol. The second kappa shape index (κ2) is 11.7. The largest absolute Gasteiger partial charge is 0.573 e. The van der Waals surface area contributed by atoms with Crippen LogP contribution in [0.15, 0.2) is 12.1 Å². The molecule has 17 heteroatoms. The lowest BCUT2D eigenvalue weighted by molar-refractivity contribution is -0.275. The highest BCUT2D eigenvalue weighted by atomic mass is 19.4. The van der Waals surface area contributed by atoms with Gasteiger partial charge in [-0.1, -0.05) is 0 Å². The molecule has 0 radical (unpaired) electrons. The summed E-state index contributed by atoms with van der Waals surface area (Å²) < 4.78 is 88.5. The van der Waals surface area contributed by atoms with Crippen LogP contribution in [0.5, 0.6) is 11.6 Å². The number of nitrogen functional groups attached to an aromatic ring is 1. The van der Waals surface area contributed by atoms with E-state index in [4.69, 9.17) is 20.2 Å². The number of nitrogens with one attached hydrogen (secondary N) is 1. The van der Waals surface area contributed by atoms with E-state index in [1.165, 1.54) is 18.9 Å². The number of likely N-dealkylation sites (N-methyl/N-ethyl adjacent to an activating group) is 1. The van der Waals surface area contributed by atoms with Crippen LogP contribution >= 0.6 is 0 Å². The van der Waals surface area contributed by atoms with Crippen molar-refractivity contribution in [3.05, 3.63) is 35.0 Å². The number of aryl methyl sites for hydroxylation is 1.